The van der Waals surface area contributed by atoms with Crippen molar-refractivity contribution < 1.29 is 19.4 Å². The molecule has 0 aromatic heterocycles. The monoisotopic (exact) mass is 280 g/mol. The SMILES string of the molecule is COc1ccc(CCN[C@@H](CCC(N)=O)C(=O)O)cc1. The van der Waals surface area contributed by atoms with Crippen LogP contribution in [0.3, 0.4) is 0 Å². The maximum absolute atomic E-state index is 11.0. The number of primary amides is 1. The van der Waals surface area contributed by atoms with Crippen molar-refractivity contribution in [2.24, 2.45) is 5.73 Å². The molecule has 1 aromatic rings. The van der Waals surface area contributed by atoms with Crippen molar-refractivity contribution in [3.05, 3.63) is 29.8 Å². The smallest absolute Gasteiger partial charge is 0.320 e. The van der Waals surface area contributed by atoms with Gasteiger partial charge in [-0.15, -0.1) is 0 Å². The topological polar surface area (TPSA) is 102 Å². The first-order valence-electron chi connectivity index (χ1n) is 6.40. The number of nitrogens with two attached hydrogens (primary N) is 1. The molecule has 0 heterocycles. The Hall–Kier alpha value is -2.08. The van der Waals surface area contributed by atoms with Crippen LogP contribution in [-0.4, -0.2) is 36.7 Å². The van der Waals surface area contributed by atoms with Gasteiger partial charge in [0.25, 0.3) is 0 Å². The Balaban J connectivity index is 2.39. The number of carbonyl (C=O) groups is 2. The summed E-state index contributed by atoms with van der Waals surface area (Å²) in [4.78, 5) is 21.7. The third-order valence-corrected chi connectivity index (χ3v) is 2.94. The van der Waals surface area contributed by atoms with Crippen LogP contribution in [-0.2, 0) is 16.0 Å². The highest BCUT2D eigenvalue weighted by atomic mass is 16.5. The number of carboxylic acid groups (broad SMARTS) is 1. The Kier molecular flexibility index (Phi) is 6.52. The molecule has 1 aromatic carbocycles. The number of hydrogen-bond acceptors (Lipinski definition) is 4. The molecule has 0 unspecified atom stereocenters. The third kappa shape index (κ3) is 5.71. The van der Waals surface area contributed by atoms with Crippen molar-refractivity contribution in [3.8, 4) is 5.75 Å². The first-order chi connectivity index (χ1) is 9.52. The Labute approximate surface area is 117 Å². The minimum absolute atomic E-state index is 0.0620. The molecule has 0 saturated carbocycles. The second-order valence-corrected chi connectivity index (χ2v) is 4.45. The lowest BCUT2D eigenvalue weighted by atomic mass is 10.1. The van der Waals surface area contributed by atoms with Gasteiger partial charge >= 0.3 is 5.97 Å². The van der Waals surface area contributed by atoms with E-state index in [0.717, 1.165) is 11.3 Å². The maximum Gasteiger partial charge on any atom is 0.320 e. The molecule has 0 radical (unpaired) electrons. The summed E-state index contributed by atoms with van der Waals surface area (Å²) in [7, 11) is 1.60. The van der Waals surface area contributed by atoms with Gasteiger partial charge in [0.2, 0.25) is 5.91 Å². The van der Waals surface area contributed by atoms with Crippen LogP contribution >= 0.6 is 0 Å². The fourth-order valence-corrected chi connectivity index (χ4v) is 1.78. The Bertz CT molecular complexity index is 445. The van der Waals surface area contributed by atoms with Crippen molar-refractivity contribution in [1.82, 2.24) is 5.32 Å². The predicted octanol–water partition coefficient (Wildman–Crippen LogP) is 0.546. The Morgan fingerprint density at radius 1 is 1.35 bits per heavy atom. The van der Waals surface area contributed by atoms with Gasteiger partial charge in [-0.3, -0.25) is 9.59 Å². The summed E-state index contributed by atoms with van der Waals surface area (Å²) < 4.78 is 5.06. The van der Waals surface area contributed by atoms with Crippen molar-refractivity contribution in [2.75, 3.05) is 13.7 Å². The highest BCUT2D eigenvalue weighted by Gasteiger charge is 2.16. The van der Waals surface area contributed by atoms with Crippen LogP contribution < -0.4 is 15.8 Å². The molecule has 6 nitrogen and oxygen atoms in total. The average molecular weight is 280 g/mol. The van der Waals surface area contributed by atoms with E-state index in [1.165, 1.54) is 0 Å². The number of rotatable bonds is 9. The second-order valence-electron chi connectivity index (χ2n) is 4.45. The molecule has 110 valence electrons. The molecule has 0 aliphatic rings. The second kappa shape index (κ2) is 8.16. The largest absolute Gasteiger partial charge is 0.497 e. The van der Waals surface area contributed by atoms with Gasteiger partial charge in [0.15, 0.2) is 0 Å². The van der Waals surface area contributed by atoms with Gasteiger partial charge in [0, 0.05) is 6.42 Å². The van der Waals surface area contributed by atoms with Gasteiger partial charge in [-0.1, -0.05) is 12.1 Å². The fraction of sp³-hybridized carbons (Fsp3) is 0.429. The summed E-state index contributed by atoms with van der Waals surface area (Å²) in [6.45, 7) is 0.516. The van der Waals surface area contributed by atoms with E-state index >= 15 is 0 Å². The van der Waals surface area contributed by atoms with Crippen LogP contribution in [0, 0.1) is 0 Å². The number of methoxy groups -OCH3 is 1. The van der Waals surface area contributed by atoms with Crippen molar-refractivity contribution >= 4 is 11.9 Å². The van der Waals surface area contributed by atoms with Crippen LogP contribution in [0.25, 0.3) is 0 Å². The van der Waals surface area contributed by atoms with Crippen LogP contribution in [0.4, 0.5) is 0 Å². The number of aliphatic carboxylic acids is 1. The molecular formula is C14H20N2O4. The predicted molar refractivity (Wildman–Crippen MR) is 74.6 cm³/mol. The molecular weight excluding hydrogens is 260 g/mol. The Morgan fingerprint density at radius 2 is 2.00 bits per heavy atom. The molecule has 0 spiro atoms. The van der Waals surface area contributed by atoms with Crippen LogP contribution in [0.1, 0.15) is 18.4 Å². The maximum atomic E-state index is 11.0. The molecule has 0 fully saturated rings. The summed E-state index contributed by atoms with van der Waals surface area (Å²) in [5.74, 6) is -0.680. The number of ether oxygens (including phenoxy) is 1. The van der Waals surface area contributed by atoms with E-state index in [1.807, 2.05) is 24.3 Å². The van der Waals surface area contributed by atoms with Gasteiger partial charge in [-0.05, 0) is 37.1 Å². The zero-order valence-corrected chi connectivity index (χ0v) is 11.5. The first-order valence-corrected chi connectivity index (χ1v) is 6.40. The minimum atomic E-state index is -0.971. The highest BCUT2D eigenvalue weighted by Crippen LogP contribution is 2.11. The summed E-state index contributed by atoms with van der Waals surface area (Å²) in [6.07, 6.45) is 0.962. The molecule has 0 bridgehead atoms. The summed E-state index contributed by atoms with van der Waals surface area (Å²) in [5, 5.41) is 11.9. The number of benzene rings is 1. The van der Waals surface area contributed by atoms with Crippen molar-refractivity contribution in [1.29, 1.82) is 0 Å². The zero-order valence-electron chi connectivity index (χ0n) is 11.5. The molecule has 1 rings (SSSR count). The minimum Gasteiger partial charge on any atom is -0.497 e. The number of nitrogens with one attached hydrogen (secondary N) is 1. The lowest BCUT2D eigenvalue weighted by molar-refractivity contribution is -0.139. The summed E-state index contributed by atoms with van der Waals surface area (Å²) >= 11 is 0. The standard InChI is InChI=1S/C14H20N2O4/c1-20-11-4-2-10(3-5-11)8-9-16-12(14(18)19)6-7-13(15)17/h2-5,12,16H,6-9H2,1H3,(H2,15,17)(H,18,19)/t12-/m0/s1. The fourth-order valence-electron chi connectivity index (χ4n) is 1.78. The van der Waals surface area contributed by atoms with Gasteiger partial charge in [-0.2, -0.15) is 0 Å². The van der Waals surface area contributed by atoms with Crippen molar-refractivity contribution in [3.63, 3.8) is 0 Å². The zero-order chi connectivity index (χ0) is 15.0. The molecule has 0 saturated heterocycles. The summed E-state index contributed by atoms with van der Waals surface area (Å²) in [5.41, 5.74) is 6.10. The normalized spacial score (nSPS) is 11.8. The van der Waals surface area contributed by atoms with E-state index in [0.29, 0.717) is 13.0 Å². The van der Waals surface area contributed by atoms with E-state index in [9.17, 15) is 9.59 Å². The molecule has 20 heavy (non-hydrogen) atoms. The van der Waals surface area contributed by atoms with E-state index < -0.39 is 17.9 Å². The molecule has 6 heteroatoms. The number of carbonyl (C=O) groups excluding carboxylic acids is 1. The lowest BCUT2D eigenvalue weighted by Gasteiger charge is -2.13. The first kappa shape index (κ1) is 16.0. The molecule has 1 amide bonds. The number of amides is 1. The van der Waals surface area contributed by atoms with E-state index in [1.54, 1.807) is 7.11 Å². The van der Waals surface area contributed by atoms with Gasteiger partial charge in [-0.25, -0.2) is 0 Å². The molecule has 1 atom stereocenters. The number of carboxylic acids is 1. The lowest BCUT2D eigenvalue weighted by Crippen LogP contribution is -2.38. The molecule has 4 N–H and O–H groups in total. The van der Waals surface area contributed by atoms with Gasteiger partial charge < -0.3 is 20.9 Å². The van der Waals surface area contributed by atoms with E-state index in [2.05, 4.69) is 5.32 Å². The Morgan fingerprint density at radius 3 is 2.50 bits per heavy atom. The summed E-state index contributed by atoms with van der Waals surface area (Å²) in [6, 6.07) is 6.83. The third-order valence-electron chi connectivity index (χ3n) is 2.94. The molecule has 0 aliphatic heterocycles. The van der Waals surface area contributed by atoms with Gasteiger partial charge in [0.05, 0.1) is 7.11 Å². The average Bonchev–Trinajstić information content (AvgIpc) is 2.42. The van der Waals surface area contributed by atoms with Crippen LogP contribution in [0.5, 0.6) is 5.75 Å². The van der Waals surface area contributed by atoms with Crippen molar-refractivity contribution in [2.45, 2.75) is 25.3 Å². The highest BCUT2D eigenvalue weighted by molar-refractivity contribution is 5.77. The quantitative estimate of drug-likeness (QED) is 0.613. The van der Waals surface area contributed by atoms with Crippen LogP contribution in [0.15, 0.2) is 24.3 Å². The van der Waals surface area contributed by atoms with Gasteiger partial charge in [0.1, 0.15) is 11.8 Å². The van der Waals surface area contributed by atoms with E-state index in [-0.39, 0.29) is 12.8 Å². The number of hydrogen-bond donors (Lipinski definition) is 3. The van der Waals surface area contributed by atoms with Crippen LogP contribution in [0.2, 0.25) is 0 Å². The van der Waals surface area contributed by atoms with E-state index in [4.69, 9.17) is 15.6 Å². The molecule has 0 aliphatic carbocycles.